The lowest BCUT2D eigenvalue weighted by Gasteiger charge is -2.24. The zero-order valence-electron chi connectivity index (χ0n) is 8.50. The maximum atomic E-state index is 4.22. The van der Waals surface area contributed by atoms with Crippen LogP contribution in [-0.2, 0) is 0 Å². The minimum absolute atomic E-state index is 0.679. The molecular weight excluding hydrogens is 170 g/mol. The first-order valence-corrected chi connectivity index (χ1v) is 5.33. The molecule has 1 saturated heterocycles. The second-order valence-electron chi connectivity index (χ2n) is 3.92. The number of nitrogens with one attached hydrogen (secondary N) is 1. The lowest BCUT2D eigenvalue weighted by atomic mass is 9.87. The number of allylic oxidation sites excluding steroid dienone is 1. The number of piperidine rings is 1. The molecule has 0 unspecified atom stereocenters. The van der Waals surface area contributed by atoms with Gasteiger partial charge in [0.05, 0.1) is 0 Å². The van der Waals surface area contributed by atoms with E-state index in [1.807, 2.05) is 0 Å². The Morgan fingerprint density at radius 1 is 1.14 bits per heavy atom. The Kier molecular flexibility index (Phi) is 3.00. The molecule has 1 aromatic rings. The lowest BCUT2D eigenvalue weighted by molar-refractivity contribution is 0.447. The molecule has 1 aliphatic rings. The highest BCUT2D eigenvalue weighted by atomic mass is 14.9. The van der Waals surface area contributed by atoms with Crippen molar-refractivity contribution in [2.75, 3.05) is 13.1 Å². The Balaban J connectivity index is 2.07. The molecular formula is C13H17N. The van der Waals surface area contributed by atoms with E-state index in [1.54, 1.807) is 0 Å². The van der Waals surface area contributed by atoms with Crippen LogP contribution in [0, 0.1) is 5.92 Å². The summed E-state index contributed by atoms with van der Waals surface area (Å²) >= 11 is 0. The van der Waals surface area contributed by atoms with Gasteiger partial charge in [0.15, 0.2) is 0 Å². The summed E-state index contributed by atoms with van der Waals surface area (Å²) in [5, 5.41) is 3.38. The topological polar surface area (TPSA) is 12.0 Å². The van der Waals surface area contributed by atoms with Gasteiger partial charge < -0.3 is 5.32 Å². The van der Waals surface area contributed by atoms with Crippen molar-refractivity contribution < 1.29 is 0 Å². The number of benzene rings is 1. The Hall–Kier alpha value is -1.08. The van der Waals surface area contributed by atoms with Crippen LogP contribution >= 0.6 is 0 Å². The Labute approximate surface area is 85.8 Å². The van der Waals surface area contributed by atoms with Crippen LogP contribution in [0.5, 0.6) is 0 Å². The van der Waals surface area contributed by atoms with Crippen molar-refractivity contribution in [1.29, 1.82) is 0 Å². The van der Waals surface area contributed by atoms with Crippen molar-refractivity contribution in [2.45, 2.75) is 12.8 Å². The second kappa shape index (κ2) is 4.43. The minimum atomic E-state index is 0.679. The first-order chi connectivity index (χ1) is 6.88. The highest BCUT2D eigenvalue weighted by molar-refractivity contribution is 5.65. The molecule has 1 fully saturated rings. The third-order valence-electron chi connectivity index (χ3n) is 2.98. The van der Waals surface area contributed by atoms with Gasteiger partial charge in [-0.3, -0.25) is 0 Å². The Morgan fingerprint density at radius 2 is 1.79 bits per heavy atom. The molecule has 0 radical (unpaired) electrons. The standard InChI is InChI=1S/C13H17N/c1-11(12-5-3-2-4-6-12)13-7-9-14-10-8-13/h2-6,13-14H,1,7-10H2. The summed E-state index contributed by atoms with van der Waals surface area (Å²) in [5.41, 5.74) is 2.62. The van der Waals surface area contributed by atoms with Crippen molar-refractivity contribution in [3.05, 3.63) is 42.5 Å². The van der Waals surface area contributed by atoms with Crippen molar-refractivity contribution in [3.63, 3.8) is 0 Å². The van der Waals surface area contributed by atoms with Crippen LogP contribution in [0.1, 0.15) is 18.4 Å². The summed E-state index contributed by atoms with van der Waals surface area (Å²) in [7, 11) is 0. The van der Waals surface area contributed by atoms with Crippen molar-refractivity contribution in [3.8, 4) is 0 Å². The van der Waals surface area contributed by atoms with Gasteiger partial charge in [-0.05, 0) is 43.0 Å². The number of hydrogen-bond acceptors (Lipinski definition) is 1. The van der Waals surface area contributed by atoms with E-state index in [9.17, 15) is 0 Å². The van der Waals surface area contributed by atoms with E-state index in [2.05, 4.69) is 42.2 Å². The van der Waals surface area contributed by atoms with E-state index < -0.39 is 0 Å². The van der Waals surface area contributed by atoms with Crippen LogP contribution in [0.4, 0.5) is 0 Å². The van der Waals surface area contributed by atoms with Gasteiger partial charge in [-0.1, -0.05) is 36.9 Å². The summed E-state index contributed by atoms with van der Waals surface area (Å²) in [6, 6.07) is 10.5. The summed E-state index contributed by atoms with van der Waals surface area (Å²) in [5.74, 6) is 0.679. The van der Waals surface area contributed by atoms with Gasteiger partial charge in [0.2, 0.25) is 0 Å². The van der Waals surface area contributed by atoms with Crippen LogP contribution in [0.25, 0.3) is 5.57 Å². The molecule has 2 rings (SSSR count). The minimum Gasteiger partial charge on any atom is -0.317 e. The van der Waals surface area contributed by atoms with Gasteiger partial charge in [-0.15, -0.1) is 0 Å². The molecule has 0 saturated carbocycles. The fourth-order valence-electron chi connectivity index (χ4n) is 2.06. The van der Waals surface area contributed by atoms with Crippen LogP contribution in [0.2, 0.25) is 0 Å². The monoisotopic (exact) mass is 187 g/mol. The molecule has 74 valence electrons. The maximum Gasteiger partial charge on any atom is -0.00431 e. The fraction of sp³-hybridized carbons (Fsp3) is 0.385. The van der Waals surface area contributed by atoms with E-state index in [0.29, 0.717) is 5.92 Å². The number of rotatable bonds is 2. The molecule has 1 aliphatic heterocycles. The molecule has 0 aliphatic carbocycles. The van der Waals surface area contributed by atoms with Crippen molar-refractivity contribution in [2.24, 2.45) is 5.92 Å². The van der Waals surface area contributed by atoms with Crippen LogP contribution in [-0.4, -0.2) is 13.1 Å². The molecule has 0 spiro atoms. The average Bonchev–Trinajstić information content (AvgIpc) is 2.30. The zero-order chi connectivity index (χ0) is 9.80. The first-order valence-electron chi connectivity index (χ1n) is 5.33. The van der Waals surface area contributed by atoms with Gasteiger partial charge >= 0.3 is 0 Å². The molecule has 1 heteroatoms. The Bertz CT molecular complexity index is 296. The third kappa shape index (κ3) is 2.05. The predicted molar refractivity (Wildman–Crippen MR) is 61.1 cm³/mol. The normalized spacial score (nSPS) is 18.0. The fourth-order valence-corrected chi connectivity index (χ4v) is 2.06. The van der Waals surface area contributed by atoms with E-state index >= 15 is 0 Å². The summed E-state index contributed by atoms with van der Waals surface area (Å²) < 4.78 is 0. The highest BCUT2D eigenvalue weighted by Gasteiger charge is 2.16. The van der Waals surface area contributed by atoms with Crippen LogP contribution in [0.15, 0.2) is 36.9 Å². The highest BCUT2D eigenvalue weighted by Crippen LogP contribution is 2.27. The van der Waals surface area contributed by atoms with Gasteiger partial charge in [0.1, 0.15) is 0 Å². The first kappa shape index (κ1) is 9.47. The predicted octanol–water partition coefficient (Wildman–Crippen LogP) is 2.70. The van der Waals surface area contributed by atoms with E-state index in [4.69, 9.17) is 0 Å². The molecule has 0 atom stereocenters. The number of hydrogen-bond donors (Lipinski definition) is 1. The third-order valence-corrected chi connectivity index (χ3v) is 2.98. The summed E-state index contributed by atoms with van der Waals surface area (Å²) in [6.45, 7) is 6.49. The van der Waals surface area contributed by atoms with Crippen LogP contribution in [0.3, 0.4) is 0 Å². The molecule has 1 N–H and O–H groups in total. The zero-order valence-corrected chi connectivity index (χ0v) is 8.50. The van der Waals surface area contributed by atoms with E-state index in [0.717, 1.165) is 13.1 Å². The quantitative estimate of drug-likeness (QED) is 0.750. The van der Waals surface area contributed by atoms with Gasteiger partial charge in [-0.2, -0.15) is 0 Å². The molecule has 0 aromatic heterocycles. The van der Waals surface area contributed by atoms with Crippen LogP contribution < -0.4 is 5.32 Å². The largest absolute Gasteiger partial charge is 0.317 e. The maximum absolute atomic E-state index is 4.22. The molecule has 1 aromatic carbocycles. The molecule has 0 bridgehead atoms. The summed E-state index contributed by atoms with van der Waals surface area (Å²) in [4.78, 5) is 0. The van der Waals surface area contributed by atoms with E-state index in [1.165, 1.54) is 24.0 Å². The van der Waals surface area contributed by atoms with Gasteiger partial charge in [0, 0.05) is 0 Å². The molecule has 1 heterocycles. The molecule has 0 amide bonds. The van der Waals surface area contributed by atoms with Crippen molar-refractivity contribution in [1.82, 2.24) is 5.32 Å². The van der Waals surface area contributed by atoms with Crippen molar-refractivity contribution >= 4 is 5.57 Å². The summed E-state index contributed by atoms with van der Waals surface area (Å²) in [6.07, 6.45) is 2.46. The van der Waals surface area contributed by atoms with E-state index in [-0.39, 0.29) is 0 Å². The smallest absolute Gasteiger partial charge is 0.00431 e. The molecule has 1 nitrogen and oxygen atoms in total. The second-order valence-corrected chi connectivity index (χ2v) is 3.92. The average molecular weight is 187 g/mol. The van der Waals surface area contributed by atoms with Gasteiger partial charge in [0.25, 0.3) is 0 Å². The Morgan fingerprint density at radius 3 is 2.43 bits per heavy atom. The van der Waals surface area contributed by atoms with Gasteiger partial charge in [-0.25, -0.2) is 0 Å². The molecule has 14 heavy (non-hydrogen) atoms. The SMILES string of the molecule is C=C(c1ccccc1)C1CCNCC1. The lowest BCUT2D eigenvalue weighted by Crippen LogP contribution is -2.28.